The molecule has 1 unspecified atom stereocenters. The molecular formula is C17H29NO. The van der Waals surface area contributed by atoms with Gasteiger partial charge in [-0.2, -0.15) is 0 Å². The molecule has 2 heteroatoms. The number of nitrogens with two attached hydrogens (primary N) is 1. The molecule has 0 amide bonds. The molecular weight excluding hydrogens is 234 g/mol. The van der Waals surface area contributed by atoms with Crippen LogP contribution in [0.25, 0.3) is 0 Å². The van der Waals surface area contributed by atoms with Crippen molar-refractivity contribution >= 4 is 0 Å². The molecule has 1 rings (SSSR count). The third-order valence-corrected chi connectivity index (χ3v) is 3.66. The summed E-state index contributed by atoms with van der Waals surface area (Å²) in [5.74, 6) is 0.929. The first kappa shape index (κ1) is 16.0. The zero-order valence-corrected chi connectivity index (χ0v) is 12.7. The molecule has 108 valence electrons. The molecule has 19 heavy (non-hydrogen) atoms. The van der Waals surface area contributed by atoms with Gasteiger partial charge >= 0.3 is 0 Å². The number of methoxy groups -OCH3 is 1. The van der Waals surface area contributed by atoms with Crippen LogP contribution >= 0.6 is 0 Å². The first-order valence-electron chi connectivity index (χ1n) is 7.59. The number of hydrogen-bond acceptors (Lipinski definition) is 2. The fourth-order valence-electron chi connectivity index (χ4n) is 2.42. The van der Waals surface area contributed by atoms with Crippen LogP contribution < -0.4 is 10.5 Å². The predicted molar refractivity (Wildman–Crippen MR) is 82.7 cm³/mol. The monoisotopic (exact) mass is 263 g/mol. The fourth-order valence-corrected chi connectivity index (χ4v) is 2.42. The van der Waals surface area contributed by atoms with Crippen LogP contribution in [0.2, 0.25) is 0 Å². The van der Waals surface area contributed by atoms with Gasteiger partial charge in [-0.25, -0.2) is 0 Å². The van der Waals surface area contributed by atoms with E-state index in [1.54, 1.807) is 7.11 Å². The standard InChI is InChI=1S/C17H29NO/c1-4-5-6-7-8-9-10-16(18)15-12-11-14(2)13-17(15)19-3/h11-13,16H,4-10,18H2,1-3H3. The Morgan fingerprint density at radius 2 is 1.79 bits per heavy atom. The molecule has 0 aromatic heterocycles. The summed E-state index contributed by atoms with van der Waals surface area (Å²) in [6.07, 6.45) is 8.92. The van der Waals surface area contributed by atoms with Crippen molar-refractivity contribution in [2.75, 3.05) is 7.11 Å². The van der Waals surface area contributed by atoms with E-state index in [2.05, 4.69) is 32.0 Å². The number of benzene rings is 1. The van der Waals surface area contributed by atoms with Crippen LogP contribution in [0.3, 0.4) is 0 Å². The van der Waals surface area contributed by atoms with Gasteiger partial charge in [-0.15, -0.1) is 0 Å². The molecule has 0 aliphatic heterocycles. The van der Waals surface area contributed by atoms with Gasteiger partial charge in [0.05, 0.1) is 7.11 Å². The van der Waals surface area contributed by atoms with E-state index in [4.69, 9.17) is 10.5 Å². The van der Waals surface area contributed by atoms with Crippen molar-refractivity contribution in [3.63, 3.8) is 0 Å². The Balaban J connectivity index is 2.38. The van der Waals surface area contributed by atoms with E-state index >= 15 is 0 Å². The van der Waals surface area contributed by atoms with E-state index in [0.29, 0.717) is 0 Å². The van der Waals surface area contributed by atoms with Crippen LogP contribution in [0, 0.1) is 6.92 Å². The van der Waals surface area contributed by atoms with Crippen LogP contribution in [-0.2, 0) is 0 Å². The highest BCUT2D eigenvalue weighted by Crippen LogP contribution is 2.28. The van der Waals surface area contributed by atoms with Gasteiger partial charge in [0.2, 0.25) is 0 Å². The average molecular weight is 263 g/mol. The van der Waals surface area contributed by atoms with E-state index in [0.717, 1.165) is 17.7 Å². The molecule has 0 fully saturated rings. The fraction of sp³-hybridized carbons (Fsp3) is 0.647. The third kappa shape index (κ3) is 5.65. The Morgan fingerprint density at radius 3 is 2.47 bits per heavy atom. The maximum absolute atomic E-state index is 6.28. The summed E-state index contributed by atoms with van der Waals surface area (Å²) in [5, 5.41) is 0. The number of aryl methyl sites for hydroxylation is 1. The average Bonchev–Trinajstić information content (AvgIpc) is 2.42. The predicted octanol–water partition coefficient (Wildman–Crippen LogP) is 4.75. The van der Waals surface area contributed by atoms with Crippen LogP contribution in [0.1, 0.15) is 69.0 Å². The molecule has 0 aliphatic rings. The summed E-state index contributed by atoms with van der Waals surface area (Å²) in [4.78, 5) is 0. The number of hydrogen-bond donors (Lipinski definition) is 1. The summed E-state index contributed by atoms with van der Waals surface area (Å²) < 4.78 is 5.43. The summed E-state index contributed by atoms with van der Waals surface area (Å²) in [7, 11) is 1.72. The Kier molecular flexibility index (Phi) is 7.57. The van der Waals surface area contributed by atoms with Crippen molar-refractivity contribution in [3.8, 4) is 5.75 Å². The lowest BCUT2D eigenvalue weighted by Crippen LogP contribution is -2.11. The maximum Gasteiger partial charge on any atom is 0.123 e. The first-order chi connectivity index (χ1) is 9.19. The molecule has 0 saturated carbocycles. The Morgan fingerprint density at radius 1 is 1.11 bits per heavy atom. The maximum atomic E-state index is 6.28. The smallest absolute Gasteiger partial charge is 0.123 e. The Bertz CT molecular complexity index is 362. The quantitative estimate of drug-likeness (QED) is 0.652. The van der Waals surface area contributed by atoms with Crippen LogP contribution in [0.15, 0.2) is 18.2 Å². The molecule has 0 aliphatic carbocycles. The Hall–Kier alpha value is -1.02. The molecule has 1 aromatic rings. The highest BCUT2D eigenvalue weighted by atomic mass is 16.5. The molecule has 0 saturated heterocycles. The van der Waals surface area contributed by atoms with Crippen molar-refractivity contribution in [1.82, 2.24) is 0 Å². The van der Waals surface area contributed by atoms with Gasteiger partial charge in [-0.05, 0) is 25.0 Å². The first-order valence-corrected chi connectivity index (χ1v) is 7.59. The molecule has 0 spiro atoms. The second-order valence-corrected chi connectivity index (χ2v) is 5.41. The van der Waals surface area contributed by atoms with Crippen molar-refractivity contribution in [3.05, 3.63) is 29.3 Å². The van der Waals surface area contributed by atoms with Crippen LogP contribution in [0.5, 0.6) is 5.75 Å². The van der Waals surface area contributed by atoms with Crippen molar-refractivity contribution in [1.29, 1.82) is 0 Å². The minimum absolute atomic E-state index is 0.0988. The topological polar surface area (TPSA) is 35.2 Å². The van der Waals surface area contributed by atoms with Gasteiger partial charge in [0, 0.05) is 11.6 Å². The Labute approximate surface area is 118 Å². The molecule has 2 nitrogen and oxygen atoms in total. The number of ether oxygens (including phenoxy) is 1. The third-order valence-electron chi connectivity index (χ3n) is 3.66. The molecule has 0 radical (unpaired) electrons. The lowest BCUT2D eigenvalue weighted by Gasteiger charge is -2.16. The molecule has 1 aromatic carbocycles. The van der Waals surface area contributed by atoms with Gasteiger partial charge < -0.3 is 10.5 Å². The highest BCUT2D eigenvalue weighted by Gasteiger charge is 2.11. The van der Waals surface area contributed by atoms with Gasteiger partial charge in [0.25, 0.3) is 0 Å². The summed E-state index contributed by atoms with van der Waals surface area (Å²) in [6, 6.07) is 6.38. The summed E-state index contributed by atoms with van der Waals surface area (Å²) in [5.41, 5.74) is 8.64. The lowest BCUT2D eigenvalue weighted by molar-refractivity contribution is 0.402. The van der Waals surface area contributed by atoms with E-state index in [9.17, 15) is 0 Å². The summed E-state index contributed by atoms with van der Waals surface area (Å²) >= 11 is 0. The van der Waals surface area contributed by atoms with E-state index < -0.39 is 0 Å². The number of rotatable bonds is 9. The van der Waals surface area contributed by atoms with E-state index in [-0.39, 0.29) is 6.04 Å². The minimum Gasteiger partial charge on any atom is -0.496 e. The second-order valence-electron chi connectivity index (χ2n) is 5.41. The number of unbranched alkanes of at least 4 members (excludes halogenated alkanes) is 5. The van der Waals surface area contributed by atoms with Crippen molar-refractivity contribution in [2.24, 2.45) is 5.73 Å². The van der Waals surface area contributed by atoms with E-state index in [1.165, 1.54) is 44.1 Å². The van der Waals surface area contributed by atoms with Gasteiger partial charge in [0.15, 0.2) is 0 Å². The lowest BCUT2D eigenvalue weighted by atomic mass is 9.98. The zero-order chi connectivity index (χ0) is 14.1. The van der Waals surface area contributed by atoms with Crippen LogP contribution in [-0.4, -0.2) is 7.11 Å². The SMILES string of the molecule is CCCCCCCCC(N)c1ccc(C)cc1OC. The highest BCUT2D eigenvalue weighted by molar-refractivity contribution is 5.39. The minimum atomic E-state index is 0.0988. The van der Waals surface area contributed by atoms with Crippen LogP contribution in [0.4, 0.5) is 0 Å². The van der Waals surface area contributed by atoms with Crippen molar-refractivity contribution < 1.29 is 4.74 Å². The molecule has 0 heterocycles. The molecule has 1 atom stereocenters. The molecule has 2 N–H and O–H groups in total. The largest absolute Gasteiger partial charge is 0.496 e. The van der Waals surface area contributed by atoms with Gasteiger partial charge in [-0.3, -0.25) is 0 Å². The van der Waals surface area contributed by atoms with Gasteiger partial charge in [0.1, 0.15) is 5.75 Å². The van der Waals surface area contributed by atoms with E-state index in [1.807, 2.05) is 0 Å². The normalized spacial score (nSPS) is 12.4. The van der Waals surface area contributed by atoms with Gasteiger partial charge in [-0.1, -0.05) is 57.6 Å². The zero-order valence-electron chi connectivity index (χ0n) is 12.7. The second kappa shape index (κ2) is 8.98. The summed E-state index contributed by atoms with van der Waals surface area (Å²) in [6.45, 7) is 4.32. The molecule has 0 bridgehead atoms. The van der Waals surface area contributed by atoms with Crippen molar-refractivity contribution in [2.45, 2.75) is 64.8 Å².